The van der Waals surface area contributed by atoms with Crippen LogP contribution in [0.25, 0.3) is 0 Å². The minimum absolute atomic E-state index is 0.00481. The molecule has 0 aromatic carbocycles. The van der Waals surface area contributed by atoms with E-state index in [2.05, 4.69) is 10.4 Å². The maximum absolute atomic E-state index is 12.1. The molecule has 3 atom stereocenters. The lowest BCUT2D eigenvalue weighted by molar-refractivity contribution is -0.146. The van der Waals surface area contributed by atoms with Gasteiger partial charge in [0.2, 0.25) is 11.8 Å². The fourth-order valence-corrected chi connectivity index (χ4v) is 3.42. The second-order valence-electron chi connectivity index (χ2n) is 6.33. The second kappa shape index (κ2) is 7.50. The van der Waals surface area contributed by atoms with Gasteiger partial charge in [-0.1, -0.05) is 11.6 Å². The molecule has 0 radical (unpaired) electrons. The lowest BCUT2D eigenvalue weighted by atomic mass is 10.1. The van der Waals surface area contributed by atoms with Gasteiger partial charge in [0.05, 0.1) is 36.5 Å². The number of nitrogens with zero attached hydrogens (tertiary/aromatic N) is 3. The summed E-state index contributed by atoms with van der Waals surface area (Å²) in [6.45, 7) is 1.54. The third-order valence-electron chi connectivity index (χ3n) is 4.44. The molecule has 2 heterocycles. The molecule has 1 aliphatic carbocycles. The maximum Gasteiger partial charge on any atom is 0.249 e. The molecule has 2 aliphatic rings. The van der Waals surface area contributed by atoms with Gasteiger partial charge in [0, 0.05) is 19.3 Å². The number of rotatable bonds is 5. The van der Waals surface area contributed by atoms with Crippen molar-refractivity contribution in [1.29, 1.82) is 0 Å². The van der Waals surface area contributed by atoms with Gasteiger partial charge >= 0.3 is 0 Å². The van der Waals surface area contributed by atoms with Crippen LogP contribution in [0.15, 0.2) is 12.4 Å². The van der Waals surface area contributed by atoms with Crippen LogP contribution in [0.2, 0.25) is 5.02 Å². The Labute approximate surface area is 144 Å². The highest BCUT2D eigenvalue weighted by Gasteiger charge is 2.34. The van der Waals surface area contributed by atoms with E-state index in [1.807, 2.05) is 0 Å². The van der Waals surface area contributed by atoms with E-state index in [0.717, 1.165) is 0 Å². The minimum Gasteiger partial charge on any atom is -0.391 e. The molecule has 1 aliphatic heterocycles. The summed E-state index contributed by atoms with van der Waals surface area (Å²) in [4.78, 5) is 25.2. The minimum atomic E-state index is -0.592. The molecule has 9 heteroatoms. The Morgan fingerprint density at radius 3 is 3.04 bits per heavy atom. The average Bonchev–Trinajstić information content (AvgIpc) is 3.08. The Bertz CT molecular complexity index is 608. The van der Waals surface area contributed by atoms with E-state index in [1.165, 1.54) is 4.90 Å². The third-order valence-corrected chi connectivity index (χ3v) is 4.63. The summed E-state index contributed by atoms with van der Waals surface area (Å²) < 4.78 is 6.78. The van der Waals surface area contributed by atoms with Crippen LogP contribution in [0.1, 0.15) is 12.8 Å². The van der Waals surface area contributed by atoms with Crippen molar-refractivity contribution in [2.45, 2.75) is 31.5 Å². The van der Waals surface area contributed by atoms with Crippen LogP contribution in [-0.4, -0.2) is 70.1 Å². The van der Waals surface area contributed by atoms with Gasteiger partial charge in [-0.05, 0) is 18.8 Å². The van der Waals surface area contributed by atoms with Gasteiger partial charge in [0.15, 0.2) is 0 Å². The molecule has 1 aromatic rings. The van der Waals surface area contributed by atoms with Gasteiger partial charge in [0.1, 0.15) is 6.61 Å². The largest absolute Gasteiger partial charge is 0.391 e. The highest BCUT2D eigenvalue weighted by atomic mass is 35.5. The van der Waals surface area contributed by atoms with E-state index in [4.69, 9.17) is 16.3 Å². The third kappa shape index (κ3) is 4.25. The lowest BCUT2D eigenvalue weighted by Crippen LogP contribution is -2.49. The SMILES string of the molecule is O=C(CN1CCOCC1=O)N[C@@H]1CC(Cn2cc(Cl)cn2)C[C@H]1O. The predicted molar refractivity (Wildman–Crippen MR) is 85.3 cm³/mol. The van der Waals surface area contributed by atoms with Crippen LogP contribution >= 0.6 is 11.6 Å². The Kier molecular flexibility index (Phi) is 5.37. The zero-order valence-corrected chi connectivity index (χ0v) is 14.0. The molecule has 1 aromatic heterocycles. The van der Waals surface area contributed by atoms with Gasteiger partial charge in [-0.25, -0.2) is 0 Å². The number of ether oxygens (including phenoxy) is 1. The van der Waals surface area contributed by atoms with Crippen molar-refractivity contribution in [1.82, 2.24) is 20.0 Å². The molecule has 1 saturated carbocycles. The summed E-state index contributed by atoms with van der Waals surface area (Å²) in [7, 11) is 0. The molecule has 0 bridgehead atoms. The zero-order chi connectivity index (χ0) is 17.1. The summed E-state index contributed by atoms with van der Waals surface area (Å²) in [5.74, 6) is -0.222. The Balaban J connectivity index is 1.48. The lowest BCUT2D eigenvalue weighted by Gasteiger charge is -2.27. The summed E-state index contributed by atoms with van der Waals surface area (Å²) in [6, 6.07) is -0.301. The first-order valence-corrected chi connectivity index (χ1v) is 8.40. The molecule has 1 unspecified atom stereocenters. The number of morpholine rings is 1. The first kappa shape index (κ1) is 17.2. The number of aliphatic hydroxyl groups is 1. The van der Waals surface area contributed by atoms with E-state index in [9.17, 15) is 14.7 Å². The number of nitrogens with one attached hydrogen (secondary N) is 1. The van der Waals surface area contributed by atoms with Crippen molar-refractivity contribution in [3.8, 4) is 0 Å². The average molecular weight is 357 g/mol. The van der Waals surface area contributed by atoms with Crippen LogP contribution in [-0.2, 0) is 20.9 Å². The highest BCUT2D eigenvalue weighted by molar-refractivity contribution is 6.30. The van der Waals surface area contributed by atoms with Crippen molar-refractivity contribution in [3.63, 3.8) is 0 Å². The van der Waals surface area contributed by atoms with Crippen LogP contribution in [0.3, 0.4) is 0 Å². The summed E-state index contributed by atoms with van der Waals surface area (Å²) in [5, 5.41) is 17.7. The summed E-state index contributed by atoms with van der Waals surface area (Å²) in [6.07, 6.45) is 3.99. The van der Waals surface area contributed by atoms with Crippen LogP contribution in [0.5, 0.6) is 0 Å². The monoisotopic (exact) mass is 356 g/mol. The van der Waals surface area contributed by atoms with Crippen LogP contribution in [0.4, 0.5) is 0 Å². The van der Waals surface area contributed by atoms with Crippen LogP contribution in [0, 0.1) is 5.92 Å². The number of aliphatic hydroxyl groups excluding tert-OH is 1. The molecule has 132 valence electrons. The topological polar surface area (TPSA) is 96.7 Å². The molecule has 1 saturated heterocycles. The van der Waals surface area contributed by atoms with Crippen molar-refractivity contribution < 1.29 is 19.4 Å². The molecule has 8 nitrogen and oxygen atoms in total. The summed E-state index contributed by atoms with van der Waals surface area (Å²) in [5.41, 5.74) is 0. The Hall–Kier alpha value is -1.64. The molecule has 2 amide bonds. The summed E-state index contributed by atoms with van der Waals surface area (Å²) >= 11 is 5.85. The Morgan fingerprint density at radius 1 is 1.50 bits per heavy atom. The van der Waals surface area contributed by atoms with Gasteiger partial charge in [-0.15, -0.1) is 0 Å². The molecular weight excluding hydrogens is 336 g/mol. The van der Waals surface area contributed by atoms with Crippen molar-refractivity contribution in [2.24, 2.45) is 5.92 Å². The fraction of sp³-hybridized carbons (Fsp3) is 0.667. The maximum atomic E-state index is 12.1. The molecular formula is C15H21ClN4O4. The number of amides is 2. The molecule has 24 heavy (non-hydrogen) atoms. The molecule has 3 rings (SSSR count). The highest BCUT2D eigenvalue weighted by Crippen LogP contribution is 2.27. The number of hydrogen-bond acceptors (Lipinski definition) is 5. The van der Waals surface area contributed by atoms with Crippen molar-refractivity contribution in [2.75, 3.05) is 26.3 Å². The molecule has 0 spiro atoms. The first-order valence-electron chi connectivity index (χ1n) is 8.02. The van der Waals surface area contributed by atoms with E-state index in [1.54, 1.807) is 17.1 Å². The van der Waals surface area contributed by atoms with Crippen LogP contribution < -0.4 is 5.32 Å². The van der Waals surface area contributed by atoms with E-state index < -0.39 is 6.10 Å². The van der Waals surface area contributed by atoms with E-state index in [0.29, 0.717) is 37.6 Å². The van der Waals surface area contributed by atoms with Gasteiger partial charge in [-0.3, -0.25) is 14.3 Å². The zero-order valence-electron chi connectivity index (χ0n) is 13.2. The van der Waals surface area contributed by atoms with E-state index >= 15 is 0 Å². The van der Waals surface area contributed by atoms with Crippen molar-refractivity contribution in [3.05, 3.63) is 17.4 Å². The quantitative estimate of drug-likeness (QED) is 0.751. The smallest absolute Gasteiger partial charge is 0.249 e. The standard InChI is InChI=1S/C15H21ClN4O4/c16-11-5-17-20(7-11)6-10-3-12(13(21)4-10)18-14(22)8-19-1-2-24-9-15(19)23/h5,7,10,12-13,21H,1-4,6,8-9H2,(H,18,22)/t10?,12-,13-/m1/s1. The Morgan fingerprint density at radius 2 is 2.33 bits per heavy atom. The predicted octanol–water partition coefficient (Wildman–Crippen LogP) is -0.349. The number of carbonyl (C=O) groups is 2. The van der Waals surface area contributed by atoms with Gasteiger partial charge in [0.25, 0.3) is 0 Å². The fourth-order valence-electron chi connectivity index (χ4n) is 3.27. The number of carbonyl (C=O) groups excluding carboxylic acids is 2. The number of halogens is 1. The van der Waals surface area contributed by atoms with E-state index in [-0.39, 0.29) is 36.9 Å². The normalized spacial score (nSPS) is 27.5. The number of aromatic nitrogens is 2. The number of hydrogen-bond donors (Lipinski definition) is 2. The van der Waals surface area contributed by atoms with Gasteiger partial charge in [-0.2, -0.15) is 5.10 Å². The molecule has 2 N–H and O–H groups in total. The van der Waals surface area contributed by atoms with Gasteiger partial charge < -0.3 is 20.1 Å². The molecule has 2 fully saturated rings. The first-order chi connectivity index (χ1) is 11.5. The van der Waals surface area contributed by atoms with Crippen molar-refractivity contribution >= 4 is 23.4 Å². The second-order valence-corrected chi connectivity index (χ2v) is 6.76.